The van der Waals surface area contributed by atoms with Gasteiger partial charge in [-0.05, 0) is 12.7 Å². The van der Waals surface area contributed by atoms with Crippen LogP contribution in [0.5, 0.6) is 0 Å². The SMILES string of the molecule is CCB1OCC(CC)O1. The van der Waals surface area contributed by atoms with Crippen LogP contribution in [0.3, 0.4) is 0 Å². The average Bonchev–Trinajstić information content (AvgIpc) is 2.34. The lowest BCUT2D eigenvalue weighted by molar-refractivity contribution is 0.229. The van der Waals surface area contributed by atoms with Gasteiger partial charge in [0.1, 0.15) is 0 Å². The summed E-state index contributed by atoms with van der Waals surface area (Å²) < 4.78 is 10.7. The molecule has 0 spiro atoms. The summed E-state index contributed by atoms with van der Waals surface area (Å²) in [5.41, 5.74) is 0. The van der Waals surface area contributed by atoms with E-state index in [2.05, 4.69) is 13.8 Å². The lowest BCUT2D eigenvalue weighted by Crippen LogP contribution is -2.14. The van der Waals surface area contributed by atoms with E-state index in [9.17, 15) is 0 Å². The number of hydrogen-bond donors (Lipinski definition) is 0. The predicted octanol–water partition coefficient (Wildman–Crippen LogP) is 1.32. The van der Waals surface area contributed by atoms with Gasteiger partial charge in [-0.15, -0.1) is 0 Å². The molecule has 0 bridgehead atoms. The summed E-state index contributed by atoms with van der Waals surface area (Å²) >= 11 is 0. The smallest absolute Gasteiger partial charge is 0.408 e. The Morgan fingerprint density at radius 2 is 2.33 bits per heavy atom. The van der Waals surface area contributed by atoms with Gasteiger partial charge in [-0.25, -0.2) is 0 Å². The molecule has 1 rings (SSSR count). The summed E-state index contributed by atoms with van der Waals surface area (Å²) in [6, 6.07) is 0. The van der Waals surface area contributed by atoms with Gasteiger partial charge < -0.3 is 9.31 Å². The van der Waals surface area contributed by atoms with Crippen LogP contribution in [-0.2, 0) is 9.31 Å². The molecule has 0 aromatic heterocycles. The van der Waals surface area contributed by atoms with Crippen LogP contribution in [0.2, 0.25) is 6.32 Å². The van der Waals surface area contributed by atoms with Crippen LogP contribution in [0.25, 0.3) is 0 Å². The van der Waals surface area contributed by atoms with E-state index in [4.69, 9.17) is 9.31 Å². The van der Waals surface area contributed by atoms with Gasteiger partial charge in [-0.3, -0.25) is 0 Å². The molecule has 9 heavy (non-hydrogen) atoms. The average molecular weight is 128 g/mol. The standard InChI is InChI=1S/C6H13BO2/c1-3-6-5-8-7(4-2)9-6/h6H,3-5H2,1-2H3. The Hall–Kier alpha value is -0.0151. The summed E-state index contributed by atoms with van der Waals surface area (Å²) in [7, 11) is 0.0787. The second-order valence-electron chi connectivity index (χ2n) is 2.34. The van der Waals surface area contributed by atoms with Crippen molar-refractivity contribution in [2.45, 2.75) is 32.7 Å². The maximum Gasteiger partial charge on any atom is 0.456 e. The van der Waals surface area contributed by atoms with Crippen molar-refractivity contribution >= 4 is 7.12 Å². The van der Waals surface area contributed by atoms with E-state index >= 15 is 0 Å². The van der Waals surface area contributed by atoms with Crippen molar-refractivity contribution in [3.8, 4) is 0 Å². The third-order valence-electron chi connectivity index (χ3n) is 1.60. The second kappa shape index (κ2) is 3.23. The molecular formula is C6H13BO2. The number of hydrogen-bond acceptors (Lipinski definition) is 2. The third-order valence-corrected chi connectivity index (χ3v) is 1.60. The molecule has 1 fully saturated rings. The number of rotatable bonds is 2. The van der Waals surface area contributed by atoms with E-state index < -0.39 is 0 Å². The van der Waals surface area contributed by atoms with Crippen LogP contribution in [0, 0.1) is 0 Å². The summed E-state index contributed by atoms with van der Waals surface area (Å²) in [5, 5.41) is 0. The van der Waals surface area contributed by atoms with Crippen LogP contribution in [0.15, 0.2) is 0 Å². The maximum absolute atomic E-state index is 5.44. The fraction of sp³-hybridized carbons (Fsp3) is 1.00. The van der Waals surface area contributed by atoms with Gasteiger partial charge in [0.25, 0.3) is 0 Å². The monoisotopic (exact) mass is 128 g/mol. The van der Waals surface area contributed by atoms with Crippen molar-refractivity contribution in [3.05, 3.63) is 0 Å². The lowest BCUT2D eigenvalue weighted by atomic mass is 9.87. The normalized spacial score (nSPS) is 27.3. The molecule has 1 unspecified atom stereocenters. The first-order valence-corrected chi connectivity index (χ1v) is 3.63. The van der Waals surface area contributed by atoms with E-state index in [-0.39, 0.29) is 7.12 Å². The minimum absolute atomic E-state index is 0.0787. The molecule has 0 radical (unpaired) electrons. The van der Waals surface area contributed by atoms with E-state index in [0.717, 1.165) is 19.3 Å². The Labute approximate surface area is 56.7 Å². The zero-order chi connectivity index (χ0) is 6.69. The summed E-state index contributed by atoms with van der Waals surface area (Å²) in [6.45, 7) is 4.98. The Kier molecular flexibility index (Phi) is 2.55. The Bertz CT molecular complexity index is 77.1. The fourth-order valence-corrected chi connectivity index (χ4v) is 0.936. The van der Waals surface area contributed by atoms with Gasteiger partial charge >= 0.3 is 7.12 Å². The van der Waals surface area contributed by atoms with Crippen LogP contribution in [0.4, 0.5) is 0 Å². The molecule has 1 heterocycles. The zero-order valence-electron chi connectivity index (χ0n) is 6.09. The highest BCUT2D eigenvalue weighted by molar-refractivity contribution is 6.44. The molecule has 0 amide bonds. The van der Waals surface area contributed by atoms with Gasteiger partial charge in [-0.2, -0.15) is 0 Å². The van der Waals surface area contributed by atoms with Crippen molar-refractivity contribution in [3.63, 3.8) is 0 Å². The molecule has 0 aliphatic carbocycles. The van der Waals surface area contributed by atoms with Crippen molar-refractivity contribution in [2.75, 3.05) is 6.61 Å². The fourth-order valence-electron chi connectivity index (χ4n) is 0.936. The van der Waals surface area contributed by atoms with Crippen LogP contribution < -0.4 is 0 Å². The molecule has 0 aromatic carbocycles. The Balaban J connectivity index is 2.20. The molecule has 52 valence electrons. The summed E-state index contributed by atoms with van der Waals surface area (Å²) in [6.07, 6.45) is 2.39. The highest BCUT2D eigenvalue weighted by Gasteiger charge is 2.27. The van der Waals surface area contributed by atoms with Crippen molar-refractivity contribution in [1.29, 1.82) is 0 Å². The van der Waals surface area contributed by atoms with Gasteiger partial charge in [0, 0.05) is 0 Å². The first kappa shape index (κ1) is 7.10. The van der Waals surface area contributed by atoms with Gasteiger partial charge in [0.05, 0.1) is 12.7 Å². The predicted molar refractivity (Wildman–Crippen MR) is 37.4 cm³/mol. The molecule has 2 nitrogen and oxygen atoms in total. The van der Waals surface area contributed by atoms with Crippen molar-refractivity contribution < 1.29 is 9.31 Å². The molecule has 1 saturated heterocycles. The molecule has 0 aromatic rings. The van der Waals surface area contributed by atoms with Gasteiger partial charge in [0.2, 0.25) is 0 Å². The van der Waals surface area contributed by atoms with Gasteiger partial charge in [0.15, 0.2) is 0 Å². The Morgan fingerprint density at radius 3 is 2.67 bits per heavy atom. The van der Waals surface area contributed by atoms with Gasteiger partial charge in [-0.1, -0.05) is 13.8 Å². The quantitative estimate of drug-likeness (QED) is 0.522. The Morgan fingerprint density at radius 1 is 1.56 bits per heavy atom. The van der Waals surface area contributed by atoms with Crippen LogP contribution >= 0.6 is 0 Å². The van der Waals surface area contributed by atoms with Crippen molar-refractivity contribution in [1.82, 2.24) is 0 Å². The molecule has 3 heteroatoms. The molecular weight excluding hydrogens is 115 g/mol. The molecule has 1 aliphatic heterocycles. The topological polar surface area (TPSA) is 18.5 Å². The molecule has 0 saturated carbocycles. The van der Waals surface area contributed by atoms with Crippen molar-refractivity contribution in [2.24, 2.45) is 0 Å². The van der Waals surface area contributed by atoms with E-state index in [1.807, 2.05) is 0 Å². The van der Waals surface area contributed by atoms with Crippen LogP contribution in [0.1, 0.15) is 20.3 Å². The maximum atomic E-state index is 5.44. The highest BCUT2D eigenvalue weighted by atomic mass is 16.6. The van der Waals surface area contributed by atoms with E-state index in [1.165, 1.54) is 0 Å². The molecule has 1 atom stereocenters. The largest absolute Gasteiger partial charge is 0.456 e. The lowest BCUT2D eigenvalue weighted by Gasteiger charge is -2.03. The molecule has 1 aliphatic rings. The first-order valence-electron chi connectivity index (χ1n) is 3.63. The summed E-state index contributed by atoms with van der Waals surface area (Å²) in [4.78, 5) is 0. The molecule has 0 N–H and O–H groups in total. The van der Waals surface area contributed by atoms with E-state index in [1.54, 1.807) is 0 Å². The van der Waals surface area contributed by atoms with E-state index in [0.29, 0.717) is 6.10 Å². The minimum atomic E-state index is 0.0787. The highest BCUT2D eigenvalue weighted by Crippen LogP contribution is 2.12. The minimum Gasteiger partial charge on any atom is -0.408 e. The second-order valence-corrected chi connectivity index (χ2v) is 2.34. The summed E-state index contributed by atoms with van der Waals surface area (Å²) in [5.74, 6) is 0. The zero-order valence-corrected chi connectivity index (χ0v) is 6.09. The third kappa shape index (κ3) is 1.70. The first-order chi connectivity index (χ1) is 4.36. The van der Waals surface area contributed by atoms with Crippen LogP contribution in [-0.4, -0.2) is 19.8 Å².